The number of aliphatic hydroxyl groups is 1. The summed E-state index contributed by atoms with van der Waals surface area (Å²) in [4.78, 5) is 14.3. The fourth-order valence-electron chi connectivity index (χ4n) is 5.05. The van der Waals surface area contributed by atoms with Crippen LogP contribution in [0.4, 0.5) is 9.18 Å². The molecule has 0 unspecified atom stereocenters. The highest BCUT2D eigenvalue weighted by Gasteiger charge is 2.43. The molecule has 0 bridgehead atoms. The standard InChI is InChI=1S/C22H30ClFN4O2/c1-21(2,19(29)17-9-15(23)8-13-12-25-27-18(13)17)14-4-6-28(7-5-14)20(30)26-16-10-22(3,24)11-16/h8-9,12,14,16,19,29H,4-7,10-11H2,1-3H3,(H,25,27)(H,26,30)/t16?,19-,22?/m1/s1. The monoisotopic (exact) mass is 436 g/mol. The Morgan fingerprint density at radius 1 is 1.40 bits per heavy atom. The molecule has 1 aromatic carbocycles. The Morgan fingerprint density at radius 3 is 2.70 bits per heavy atom. The largest absolute Gasteiger partial charge is 0.388 e. The van der Waals surface area contributed by atoms with Crippen molar-refractivity contribution in [2.45, 2.75) is 64.3 Å². The van der Waals surface area contributed by atoms with Crippen LogP contribution < -0.4 is 5.32 Å². The number of carbonyl (C=O) groups is 1. The van der Waals surface area contributed by atoms with Crippen molar-refractivity contribution in [3.8, 4) is 0 Å². The molecule has 1 saturated heterocycles. The van der Waals surface area contributed by atoms with E-state index in [1.807, 2.05) is 6.07 Å². The molecule has 1 aliphatic carbocycles. The van der Waals surface area contributed by atoms with Gasteiger partial charge in [0.1, 0.15) is 5.67 Å². The van der Waals surface area contributed by atoms with E-state index in [4.69, 9.17) is 11.6 Å². The molecule has 1 saturated carbocycles. The molecule has 2 heterocycles. The summed E-state index contributed by atoms with van der Waals surface area (Å²) in [5, 5.41) is 22.7. The fraction of sp³-hybridized carbons (Fsp3) is 0.636. The van der Waals surface area contributed by atoms with E-state index in [2.05, 4.69) is 29.4 Å². The zero-order valence-corrected chi connectivity index (χ0v) is 18.5. The van der Waals surface area contributed by atoms with Crippen LogP contribution >= 0.6 is 11.6 Å². The van der Waals surface area contributed by atoms with Crippen molar-refractivity contribution in [2.75, 3.05) is 13.1 Å². The Balaban J connectivity index is 1.39. The number of aliphatic hydroxyl groups excluding tert-OH is 1. The van der Waals surface area contributed by atoms with Gasteiger partial charge in [-0.15, -0.1) is 0 Å². The molecule has 0 radical (unpaired) electrons. The lowest BCUT2D eigenvalue weighted by atomic mass is 9.68. The maximum absolute atomic E-state index is 13.6. The van der Waals surface area contributed by atoms with Gasteiger partial charge < -0.3 is 15.3 Å². The third kappa shape index (κ3) is 4.02. The Labute approximate surface area is 181 Å². The van der Waals surface area contributed by atoms with Crippen LogP contribution in [-0.2, 0) is 0 Å². The SMILES string of the molecule is CC1(F)CC(NC(=O)N2CCC(C(C)(C)[C@H](O)c3cc(Cl)cc4cn[nH]c34)CC2)C1. The topological polar surface area (TPSA) is 81.2 Å². The van der Waals surface area contributed by atoms with Crippen LogP contribution in [0.2, 0.25) is 5.02 Å². The molecule has 164 valence electrons. The summed E-state index contributed by atoms with van der Waals surface area (Å²) in [7, 11) is 0. The van der Waals surface area contributed by atoms with E-state index in [0.717, 1.165) is 29.3 Å². The molecule has 2 aliphatic rings. The van der Waals surface area contributed by atoms with Gasteiger partial charge in [0.05, 0.1) is 17.8 Å². The van der Waals surface area contributed by atoms with Crippen molar-refractivity contribution in [1.82, 2.24) is 20.4 Å². The minimum Gasteiger partial charge on any atom is -0.388 e. The first-order valence-corrected chi connectivity index (χ1v) is 11.0. The van der Waals surface area contributed by atoms with Crippen LogP contribution in [-0.4, -0.2) is 51.0 Å². The number of amides is 2. The summed E-state index contributed by atoms with van der Waals surface area (Å²) in [6.07, 6.45) is 3.36. The maximum atomic E-state index is 13.6. The van der Waals surface area contributed by atoms with Gasteiger partial charge in [0, 0.05) is 47.9 Å². The Hall–Kier alpha value is -1.86. The van der Waals surface area contributed by atoms with Crippen molar-refractivity contribution in [2.24, 2.45) is 11.3 Å². The average Bonchev–Trinajstić information content (AvgIpc) is 3.13. The van der Waals surface area contributed by atoms with Crippen molar-refractivity contribution >= 4 is 28.5 Å². The molecule has 1 atom stereocenters. The van der Waals surface area contributed by atoms with Gasteiger partial charge in [0.2, 0.25) is 0 Å². The van der Waals surface area contributed by atoms with Gasteiger partial charge in [-0.1, -0.05) is 25.4 Å². The van der Waals surface area contributed by atoms with E-state index in [9.17, 15) is 14.3 Å². The third-order valence-corrected chi connectivity index (χ3v) is 7.27. The molecule has 2 fully saturated rings. The highest BCUT2D eigenvalue weighted by atomic mass is 35.5. The molecule has 0 spiro atoms. The number of likely N-dealkylation sites (tertiary alicyclic amines) is 1. The van der Waals surface area contributed by atoms with Gasteiger partial charge >= 0.3 is 6.03 Å². The van der Waals surface area contributed by atoms with Gasteiger partial charge in [-0.25, -0.2) is 9.18 Å². The number of halogens is 2. The number of urea groups is 1. The molecule has 2 amide bonds. The zero-order chi connectivity index (χ0) is 21.7. The molecule has 3 N–H and O–H groups in total. The van der Waals surface area contributed by atoms with Crippen molar-refractivity contribution in [3.63, 3.8) is 0 Å². The summed E-state index contributed by atoms with van der Waals surface area (Å²) in [5.74, 6) is 0.242. The number of hydrogen-bond donors (Lipinski definition) is 3. The molecule has 30 heavy (non-hydrogen) atoms. The zero-order valence-electron chi connectivity index (χ0n) is 17.7. The number of nitrogens with zero attached hydrogens (tertiary/aromatic N) is 2. The van der Waals surface area contributed by atoms with E-state index < -0.39 is 17.2 Å². The van der Waals surface area contributed by atoms with Gasteiger partial charge in [-0.3, -0.25) is 5.10 Å². The lowest BCUT2D eigenvalue weighted by molar-refractivity contribution is -0.0150. The molecule has 4 rings (SSSR count). The predicted octanol–water partition coefficient (Wildman–Crippen LogP) is 4.59. The molecular weight excluding hydrogens is 407 g/mol. The number of fused-ring (bicyclic) bond motifs is 1. The van der Waals surface area contributed by atoms with Crippen LogP contribution in [0.3, 0.4) is 0 Å². The summed E-state index contributed by atoms with van der Waals surface area (Å²) in [5.41, 5.74) is -0.00236. The minimum atomic E-state index is -1.15. The maximum Gasteiger partial charge on any atom is 0.317 e. The highest BCUT2D eigenvalue weighted by Crippen LogP contribution is 2.46. The van der Waals surface area contributed by atoms with Gasteiger partial charge in [0.25, 0.3) is 0 Å². The number of nitrogens with one attached hydrogen (secondary N) is 2. The second-order valence-corrected chi connectivity index (χ2v) is 10.2. The van der Waals surface area contributed by atoms with Crippen molar-refractivity contribution in [1.29, 1.82) is 0 Å². The molecular formula is C22H30ClFN4O2. The lowest BCUT2D eigenvalue weighted by Crippen LogP contribution is -2.55. The van der Waals surface area contributed by atoms with Crippen LogP contribution in [0.1, 0.15) is 58.1 Å². The number of rotatable bonds is 4. The summed E-state index contributed by atoms with van der Waals surface area (Å²) < 4.78 is 13.6. The Bertz CT molecular complexity index is 928. The van der Waals surface area contributed by atoms with E-state index >= 15 is 0 Å². The van der Waals surface area contributed by atoms with Gasteiger partial charge in [0.15, 0.2) is 0 Å². The Morgan fingerprint density at radius 2 is 2.07 bits per heavy atom. The van der Waals surface area contributed by atoms with Crippen LogP contribution in [0, 0.1) is 11.3 Å². The molecule has 1 aromatic heterocycles. The van der Waals surface area contributed by atoms with Crippen LogP contribution in [0.5, 0.6) is 0 Å². The molecule has 6 nitrogen and oxygen atoms in total. The Kier molecular flexibility index (Phi) is 5.47. The van der Waals surface area contributed by atoms with E-state index in [0.29, 0.717) is 31.0 Å². The second-order valence-electron chi connectivity index (χ2n) is 9.78. The van der Waals surface area contributed by atoms with E-state index in [1.165, 1.54) is 0 Å². The van der Waals surface area contributed by atoms with E-state index in [1.54, 1.807) is 24.1 Å². The first-order chi connectivity index (χ1) is 14.1. The van der Waals surface area contributed by atoms with Crippen LogP contribution in [0.25, 0.3) is 10.9 Å². The van der Waals surface area contributed by atoms with Gasteiger partial charge in [-0.05, 0) is 43.2 Å². The summed E-state index contributed by atoms with van der Waals surface area (Å²) in [6, 6.07) is 3.45. The average molecular weight is 437 g/mol. The van der Waals surface area contributed by atoms with Crippen molar-refractivity contribution in [3.05, 3.63) is 28.9 Å². The summed E-state index contributed by atoms with van der Waals surface area (Å²) in [6.45, 7) is 6.96. The number of benzene rings is 1. The number of H-pyrrole nitrogens is 1. The predicted molar refractivity (Wildman–Crippen MR) is 115 cm³/mol. The van der Waals surface area contributed by atoms with Gasteiger partial charge in [-0.2, -0.15) is 5.10 Å². The number of aromatic amines is 1. The first kappa shape index (κ1) is 21.4. The number of piperidine rings is 1. The highest BCUT2D eigenvalue weighted by molar-refractivity contribution is 6.31. The lowest BCUT2D eigenvalue weighted by Gasteiger charge is -2.44. The molecule has 2 aromatic rings. The fourth-order valence-corrected chi connectivity index (χ4v) is 5.28. The second kappa shape index (κ2) is 7.68. The number of carbonyl (C=O) groups excluding carboxylic acids is 1. The number of hydrogen-bond acceptors (Lipinski definition) is 3. The first-order valence-electron chi connectivity index (χ1n) is 10.6. The third-order valence-electron chi connectivity index (χ3n) is 7.05. The number of aromatic nitrogens is 2. The minimum absolute atomic E-state index is 0.0665. The van der Waals surface area contributed by atoms with E-state index in [-0.39, 0.29) is 18.0 Å². The number of alkyl halides is 1. The van der Waals surface area contributed by atoms with Crippen LogP contribution in [0.15, 0.2) is 18.3 Å². The van der Waals surface area contributed by atoms with Crippen molar-refractivity contribution < 1.29 is 14.3 Å². The smallest absolute Gasteiger partial charge is 0.317 e. The normalized spacial score (nSPS) is 26.5. The quantitative estimate of drug-likeness (QED) is 0.655. The molecule has 8 heteroatoms. The summed E-state index contributed by atoms with van der Waals surface area (Å²) >= 11 is 6.26. The molecule has 1 aliphatic heterocycles.